The van der Waals surface area contributed by atoms with Crippen molar-refractivity contribution in [3.63, 3.8) is 0 Å². The average molecular weight is 254 g/mol. The molecule has 4 rings (SSSR count). The van der Waals surface area contributed by atoms with E-state index >= 15 is 0 Å². The van der Waals surface area contributed by atoms with Gasteiger partial charge in [-0.2, -0.15) is 0 Å². The highest BCUT2D eigenvalue weighted by Crippen LogP contribution is 2.57. The van der Waals surface area contributed by atoms with Gasteiger partial charge in [0.05, 0.1) is 0 Å². The normalized spacial score (nSPS) is 40.4. The van der Waals surface area contributed by atoms with Crippen molar-refractivity contribution in [2.45, 2.75) is 63.7 Å². The third-order valence-corrected chi connectivity index (χ3v) is 6.48. The van der Waals surface area contributed by atoms with Crippen molar-refractivity contribution in [1.29, 1.82) is 0 Å². The maximum Gasteiger partial charge on any atom is -0.0125 e. The van der Waals surface area contributed by atoms with E-state index in [1.165, 1.54) is 44.9 Å². The third kappa shape index (κ3) is 1.79. The fourth-order valence-electron chi connectivity index (χ4n) is 5.73. The van der Waals surface area contributed by atoms with Crippen LogP contribution in [0.25, 0.3) is 0 Å². The molecule has 0 saturated heterocycles. The van der Waals surface area contributed by atoms with Gasteiger partial charge < -0.3 is 0 Å². The molecule has 0 aromatic heterocycles. The summed E-state index contributed by atoms with van der Waals surface area (Å²) in [4.78, 5) is 0. The van der Waals surface area contributed by atoms with Crippen LogP contribution in [0.2, 0.25) is 0 Å². The van der Waals surface area contributed by atoms with E-state index in [-0.39, 0.29) is 0 Å². The molecule has 1 aromatic carbocycles. The zero-order valence-corrected chi connectivity index (χ0v) is 12.1. The number of hydrogen-bond donors (Lipinski definition) is 0. The fourth-order valence-corrected chi connectivity index (χ4v) is 5.73. The van der Waals surface area contributed by atoms with Crippen LogP contribution in [0, 0.1) is 17.8 Å². The fraction of sp³-hybridized carbons (Fsp3) is 0.684. The van der Waals surface area contributed by atoms with E-state index in [9.17, 15) is 0 Å². The van der Waals surface area contributed by atoms with Gasteiger partial charge in [0, 0.05) is 0 Å². The van der Waals surface area contributed by atoms with Gasteiger partial charge in [-0.05, 0) is 66.4 Å². The Labute approximate surface area is 117 Å². The molecule has 0 N–H and O–H groups in total. The van der Waals surface area contributed by atoms with E-state index in [4.69, 9.17) is 0 Å². The SMILES string of the molecule is CCC1CCCC2c3ccccc3C3CCC(C3)C12. The smallest absolute Gasteiger partial charge is 0.0125 e. The Kier molecular flexibility index (Phi) is 2.94. The molecule has 3 aliphatic rings. The lowest BCUT2D eigenvalue weighted by Crippen LogP contribution is -2.31. The largest absolute Gasteiger partial charge is 0.0651 e. The van der Waals surface area contributed by atoms with Gasteiger partial charge in [-0.1, -0.05) is 50.5 Å². The minimum Gasteiger partial charge on any atom is -0.0651 e. The molecule has 3 aliphatic carbocycles. The predicted octanol–water partition coefficient (Wildman–Crippen LogP) is 5.49. The van der Waals surface area contributed by atoms with Gasteiger partial charge in [-0.3, -0.25) is 0 Å². The maximum atomic E-state index is 2.46. The monoisotopic (exact) mass is 254 g/mol. The summed E-state index contributed by atoms with van der Waals surface area (Å²) in [7, 11) is 0. The summed E-state index contributed by atoms with van der Waals surface area (Å²) < 4.78 is 0. The Morgan fingerprint density at radius 2 is 1.84 bits per heavy atom. The topological polar surface area (TPSA) is 0 Å². The van der Waals surface area contributed by atoms with Gasteiger partial charge in [0.1, 0.15) is 0 Å². The summed E-state index contributed by atoms with van der Waals surface area (Å²) in [6.45, 7) is 2.43. The lowest BCUT2D eigenvalue weighted by atomic mass is 9.63. The summed E-state index contributed by atoms with van der Waals surface area (Å²) >= 11 is 0. The molecule has 0 heteroatoms. The number of hydrogen-bond acceptors (Lipinski definition) is 0. The van der Waals surface area contributed by atoms with Gasteiger partial charge in [0.25, 0.3) is 0 Å². The molecule has 2 bridgehead atoms. The molecule has 0 nitrogen and oxygen atoms in total. The second-order valence-electron chi connectivity index (χ2n) is 7.18. The standard InChI is InChI=1S/C19H26/c1-2-13-6-5-9-18-17-8-4-3-7-16(17)14-10-11-15(12-14)19(13)18/h3-4,7-8,13-15,18-19H,2,5-6,9-12H2,1H3. The van der Waals surface area contributed by atoms with Crippen molar-refractivity contribution in [3.8, 4) is 0 Å². The Morgan fingerprint density at radius 1 is 1.00 bits per heavy atom. The predicted molar refractivity (Wildman–Crippen MR) is 80.4 cm³/mol. The van der Waals surface area contributed by atoms with Crippen molar-refractivity contribution in [2.75, 3.05) is 0 Å². The highest BCUT2D eigenvalue weighted by atomic mass is 14.5. The maximum absolute atomic E-state index is 2.46. The lowest BCUT2D eigenvalue weighted by Gasteiger charge is -2.42. The molecule has 0 amide bonds. The van der Waals surface area contributed by atoms with Crippen LogP contribution in [0.1, 0.15) is 74.8 Å². The Hall–Kier alpha value is -0.780. The van der Waals surface area contributed by atoms with Crippen molar-refractivity contribution >= 4 is 0 Å². The average Bonchev–Trinajstić information content (AvgIpc) is 2.90. The van der Waals surface area contributed by atoms with Crippen molar-refractivity contribution in [3.05, 3.63) is 35.4 Å². The minimum atomic E-state index is 0.893. The van der Waals surface area contributed by atoms with Crippen LogP contribution >= 0.6 is 0 Å². The molecule has 0 spiro atoms. The molecule has 0 radical (unpaired) electrons. The van der Waals surface area contributed by atoms with Gasteiger partial charge >= 0.3 is 0 Å². The molecular weight excluding hydrogens is 228 g/mol. The highest BCUT2D eigenvalue weighted by Gasteiger charge is 2.45. The Morgan fingerprint density at radius 3 is 2.68 bits per heavy atom. The summed E-state index contributed by atoms with van der Waals surface area (Å²) in [6, 6.07) is 9.46. The first kappa shape index (κ1) is 12.0. The number of rotatable bonds is 1. The van der Waals surface area contributed by atoms with E-state index in [2.05, 4.69) is 31.2 Å². The summed E-state index contributed by atoms with van der Waals surface area (Å²) in [6.07, 6.45) is 10.3. The number of benzene rings is 1. The van der Waals surface area contributed by atoms with E-state index in [1.54, 1.807) is 11.1 Å². The van der Waals surface area contributed by atoms with Crippen LogP contribution in [0.15, 0.2) is 24.3 Å². The molecule has 1 aromatic rings. The molecule has 0 aliphatic heterocycles. The number of fused-ring (bicyclic) bond motifs is 7. The van der Waals surface area contributed by atoms with Crippen LogP contribution in [0.5, 0.6) is 0 Å². The quantitative estimate of drug-likeness (QED) is 0.621. The van der Waals surface area contributed by atoms with Crippen LogP contribution in [0.3, 0.4) is 0 Å². The molecule has 0 heterocycles. The van der Waals surface area contributed by atoms with Gasteiger partial charge in [0.2, 0.25) is 0 Å². The van der Waals surface area contributed by atoms with Crippen LogP contribution < -0.4 is 0 Å². The van der Waals surface area contributed by atoms with Crippen molar-refractivity contribution in [1.82, 2.24) is 0 Å². The Balaban J connectivity index is 1.82. The highest BCUT2D eigenvalue weighted by molar-refractivity contribution is 5.37. The minimum absolute atomic E-state index is 0.893. The van der Waals surface area contributed by atoms with E-state index in [1.807, 2.05) is 0 Å². The molecule has 5 atom stereocenters. The summed E-state index contributed by atoms with van der Waals surface area (Å²) in [5, 5.41) is 0. The first-order chi connectivity index (χ1) is 9.38. The summed E-state index contributed by atoms with van der Waals surface area (Å²) in [5.41, 5.74) is 3.48. The van der Waals surface area contributed by atoms with Gasteiger partial charge in [-0.25, -0.2) is 0 Å². The first-order valence-electron chi connectivity index (χ1n) is 8.47. The van der Waals surface area contributed by atoms with Gasteiger partial charge in [-0.15, -0.1) is 0 Å². The molecule has 102 valence electrons. The van der Waals surface area contributed by atoms with Crippen LogP contribution in [0.4, 0.5) is 0 Å². The third-order valence-electron chi connectivity index (χ3n) is 6.48. The second-order valence-corrected chi connectivity index (χ2v) is 7.18. The zero-order chi connectivity index (χ0) is 12.8. The zero-order valence-electron chi connectivity index (χ0n) is 12.1. The van der Waals surface area contributed by atoms with Crippen LogP contribution in [-0.4, -0.2) is 0 Å². The van der Waals surface area contributed by atoms with E-state index in [0.29, 0.717) is 0 Å². The van der Waals surface area contributed by atoms with Crippen molar-refractivity contribution < 1.29 is 0 Å². The molecule has 2 saturated carbocycles. The Bertz CT molecular complexity index is 461. The van der Waals surface area contributed by atoms with Crippen molar-refractivity contribution in [2.24, 2.45) is 17.8 Å². The second kappa shape index (κ2) is 4.65. The molecule has 19 heavy (non-hydrogen) atoms. The lowest BCUT2D eigenvalue weighted by molar-refractivity contribution is 0.132. The summed E-state index contributed by atoms with van der Waals surface area (Å²) in [5.74, 6) is 4.84. The van der Waals surface area contributed by atoms with E-state index < -0.39 is 0 Å². The molecular formula is C19H26. The molecule has 2 fully saturated rings. The molecule has 5 unspecified atom stereocenters. The first-order valence-corrected chi connectivity index (χ1v) is 8.47. The van der Waals surface area contributed by atoms with Gasteiger partial charge in [0.15, 0.2) is 0 Å². The van der Waals surface area contributed by atoms with E-state index in [0.717, 1.165) is 29.6 Å². The van der Waals surface area contributed by atoms with Crippen LogP contribution in [-0.2, 0) is 0 Å².